The van der Waals surface area contributed by atoms with Crippen LogP contribution in [0.3, 0.4) is 0 Å². The molecule has 0 spiro atoms. The number of benzene rings is 2. The minimum atomic E-state index is -0.509. The monoisotopic (exact) mass is 394 g/mol. The third-order valence-electron chi connectivity index (χ3n) is 5.81. The SMILES string of the molecule is Cc1cccc(Nc2ccccc2C(=O)OCC(=O)N[C@H]2CCCC[C@H]2C)c1C. The molecule has 0 unspecified atom stereocenters. The van der Waals surface area contributed by atoms with Crippen LogP contribution in [0.1, 0.15) is 54.1 Å². The molecule has 0 aromatic heterocycles. The van der Waals surface area contributed by atoms with Gasteiger partial charge in [0.1, 0.15) is 0 Å². The molecule has 1 saturated carbocycles. The lowest BCUT2D eigenvalue weighted by molar-refractivity contribution is -0.125. The molecule has 2 atom stereocenters. The number of hydrogen-bond acceptors (Lipinski definition) is 4. The first-order valence-electron chi connectivity index (χ1n) is 10.3. The summed E-state index contributed by atoms with van der Waals surface area (Å²) in [5.74, 6) is -0.284. The van der Waals surface area contributed by atoms with Crippen molar-refractivity contribution in [3.63, 3.8) is 0 Å². The number of amides is 1. The second kappa shape index (κ2) is 9.59. The Hall–Kier alpha value is -2.82. The van der Waals surface area contributed by atoms with E-state index in [0.29, 0.717) is 17.2 Å². The Morgan fingerprint density at radius 1 is 1.00 bits per heavy atom. The number of anilines is 2. The van der Waals surface area contributed by atoms with Crippen molar-refractivity contribution >= 4 is 23.3 Å². The largest absolute Gasteiger partial charge is 0.452 e. The van der Waals surface area contributed by atoms with Crippen molar-refractivity contribution < 1.29 is 14.3 Å². The second-order valence-corrected chi connectivity index (χ2v) is 7.93. The van der Waals surface area contributed by atoms with Gasteiger partial charge in [0.2, 0.25) is 0 Å². The van der Waals surface area contributed by atoms with E-state index in [-0.39, 0.29) is 18.6 Å². The van der Waals surface area contributed by atoms with Crippen LogP contribution in [-0.2, 0) is 9.53 Å². The molecule has 0 heterocycles. The van der Waals surface area contributed by atoms with E-state index in [1.165, 1.54) is 12.0 Å². The second-order valence-electron chi connectivity index (χ2n) is 7.93. The molecule has 2 aromatic rings. The molecule has 2 N–H and O–H groups in total. The maximum atomic E-state index is 12.6. The van der Waals surface area contributed by atoms with Crippen molar-refractivity contribution in [1.82, 2.24) is 5.32 Å². The van der Waals surface area contributed by atoms with Gasteiger partial charge in [0.25, 0.3) is 5.91 Å². The molecule has 2 aromatic carbocycles. The first kappa shape index (κ1) is 20.9. The van der Waals surface area contributed by atoms with Crippen LogP contribution in [0.5, 0.6) is 0 Å². The number of rotatable bonds is 6. The van der Waals surface area contributed by atoms with Crippen molar-refractivity contribution in [2.24, 2.45) is 5.92 Å². The van der Waals surface area contributed by atoms with Gasteiger partial charge in [-0.05, 0) is 61.9 Å². The van der Waals surface area contributed by atoms with E-state index in [4.69, 9.17) is 4.74 Å². The number of carbonyl (C=O) groups excluding carboxylic acids is 2. The summed E-state index contributed by atoms with van der Waals surface area (Å²) in [7, 11) is 0. The summed E-state index contributed by atoms with van der Waals surface area (Å²) in [4.78, 5) is 24.9. The van der Waals surface area contributed by atoms with Crippen LogP contribution >= 0.6 is 0 Å². The molecule has 5 nitrogen and oxygen atoms in total. The fourth-order valence-corrected chi connectivity index (χ4v) is 3.79. The van der Waals surface area contributed by atoms with Crippen molar-refractivity contribution in [1.29, 1.82) is 0 Å². The summed E-state index contributed by atoms with van der Waals surface area (Å²) >= 11 is 0. The average molecular weight is 395 g/mol. The maximum Gasteiger partial charge on any atom is 0.340 e. The first-order valence-corrected chi connectivity index (χ1v) is 10.3. The van der Waals surface area contributed by atoms with Crippen molar-refractivity contribution in [2.45, 2.75) is 52.5 Å². The maximum absolute atomic E-state index is 12.6. The number of para-hydroxylation sites is 1. The van der Waals surface area contributed by atoms with Crippen LogP contribution in [0.25, 0.3) is 0 Å². The van der Waals surface area contributed by atoms with Crippen LogP contribution in [0.15, 0.2) is 42.5 Å². The highest BCUT2D eigenvalue weighted by Gasteiger charge is 2.23. The number of carbonyl (C=O) groups is 2. The van der Waals surface area contributed by atoms with Crippen LogP contribution < -0.4 is 10.6 Å². The molecular formula is C24H30N2O3. The van der Waals surface area contributed by atoms with Gasteiger partial charge in [0.15, 0.2) is 6.61 Å². The van der Waals surface area contributed by atoms with E-state index >= 15 is 0 Å². The summed E-state index contributed by atoms with van der Waals surface area (Å²) < 4.78 is 5.31. The minimum absolute atomic E-state index is 0.174. The highest BCUT2D eigenvalue weighted by molar-refractivity contribution is 5.97. The van der Waals surface area contributed by atoms with E-state index in [1.807, 2.05) is 44.2 Å². The lowest BCUT2D eigenvalue weighted by atomic mass is 9.86. The van der Waals surface area contributed by atoms with E-state index in [2.05, 4.69) is 17.6 Å². The molecule has 0 radical (unpaired) electrons. The Bertz CT molecular complexity index is 878. The Balaban J connectivity index is 1.62. The van der Waals surface area contributed by atoms with E-state index < -0.39 is 5.97 Å². The topological polar surface area (TPSA) is 67.4 Å². The Kier molecular flexibility index (Phi) is 6.91. The number of hydrogen-bond donors (Lipinski definition) is 2. The summed E-state index contributed by atoms with van der Waals surface area (Å²) in [5.41, 5.74) is 4.30. The summed E-state index contributed by atoms with van der Waals surface area (Å²) in [6.45, 7) is 5.98. The molecule has 0 aliphatic heterocycles. The van der Waals surface area contributed by atoms with Gasteiger partial charge >= 0.3 is 5.97 Å². The van der Waals surface area contributed by atoms with Crippen LogP contribution in [0, 0.1) is 19.8 Å². The number of aryl methyl sites for hydroxylation is 1. The Labute approximate surface area is 172 Å². The van der Waals surface area contributed by atoms with Gasteiger partial charge in [-0.15, -0.1) is 0 Å². The molecule has 3 rings (SSSR count). The van der Waals surface area contributed by atoms with Crippen molar-refractivity contribution in [3.8, 4) is 0 Å². The molecule has 0 bridgehead atoms. The predicted molar refractivity (Wildman–Crippen MR) is 115 cm³/mol. The first-order chi connectivity index (χ1) is 14.0. The van der Waals surface area contributed by atoms with E-state index in [1.54, 1.807) is 12.1 Å². The van der Waals surface area contributed by atoms with Gasteiger partial charge in [-0.2, -0.15) is 0 Å². The van der Waals surface area contributed by atoms with Crippen molar-refractivity contribution in [2.75, 3.05) is 11.9 Å². The highest BCUT2D eigenvalue weighted by atomic mass is 16.5. The minimum Gasteiger partial charge on any atom is -0.452 e. The molecular weight excluding hydrogens is 364 g/mol. The van der Waals surface area contributed by atoms with Gasteiger partial charge in [-0.3, -0.25) is 4.79 Å². The van der Waals surface area contributed by atoms with Crippen LogP contribution in [0.2, 0.25) is 0 Å². The lowest BCUT2D eigenvalue weighted by Gasteiger charge is -2.29. The average Bonchev–Trinajstić information content (AvgIpc) is 2.72. The number of esters is 1. The lowest BCUT2D eigenvalue weighted by Crippen LogP contribution is -2.42. The van der Waals surface area contributed by atoms with Crippen LogP contribution in [0.4, 0.5) is 11.4 Å². The molecule has 1 amide bonds. The zero-order valence-electron chi connectivity index (χ0n) is 17.5. The number of nitrogens with one attached hydrogen (secondary N) is 2. The molecule has 0 saturated heterocycles. The molecule has 1 aliphatic carbocycles. The van der Waals surface area contributed by atoms with E-state index in [0.717, 1.165) is 30.5 Å². The summed E-state index contributed by atoms with van der Waals surface area (Å²) in [5, 5.41) is 6.33. The Morgan fingerprint density at radius 2 is 1.72 bits per heavy atom. The van der Waals surface area contributed by atoms with Crippen molar-refractivity contribution in [3.05, 3.63) is 59.2 Å². The third kappa shape index (κ3) is 5.37. The molecule has 29 heavy (non-hydrogen) atoms. The quantitative estimate of drug-likeness (QED) is 0.684. The molecule has 1 fully saturated rings. The number of ether oxygens (including phenoxy) is 1. The Morgan fingerprint density at radius 3 is 2.52 bits per heavy atom. The molecule has 5 heteroatoms. The summed E-state index contributed by atoms with van der Waals surface area (Å²) in [6.07, 6.45) is 4.46. The van der Waals surface area contributed by atoms with Crippen LogP contribution in [-0.4, -0.2) is 24.5 Å². The van der Waals surface area contributed by atoms with E-state index in [9.17, 15) is 9.59 Å². The van der Waals surface area contributed by atoms with Gasteiger partial charge in [-0.1, -0.05) is 44.0 Å². The molecule has 154 valence electrons. The standard InChI is InChI=1S/C24H30N2O3/c1-16-10-8-14-21(18(16)3)25-22-13-7-5-11-19(22)24(28)29-15-23(27)26-20-12-6-4-9-17(20)2/h5,7-8,10-11,13-14,17,20,25H,4,6,9,12,15H2,1-3H3,(H,26,27)/t17-,20+/m1/s1. The summed E-state index contributed by atoms with van der Waals surface area (Å²) in [6, 6.07) is 13.4. The zero-order valence-corrected chi connectivity index (χ0v) is 17.5. The highest BCUT2D eigenvalue weighted by Crippen LogP contribution is 2.26. The molecule has 1 aliphatic rings. The third-order valence-corrected chi connectivity index (χ3v) is 5.81. The normalized spacial score (nSPS) is 18.7. The van der Waals surface area contributed by atoms with Gasteiger partial charge in [0, 0.05) is 11.7 Å². The smallest absolute Gasteiger partial charge is 0.340 e. The fraction of sp³-hybridized carbons (Fsp3) is 0.417. The van der Waals surface area contributed by atoms with Gasteiger partial charge in [-0.25, -0.2) is 4.79 Å². The predicted octanol–water partition coefficient (Wildman–Crippen LogP) is 4.90. The van der Waals surface area contributed by atoms with Gasteiger partial charge < -0.3 is 15.4 Å². The fourth-order valence-electron chi connectivity index (χ4n) is 3.79. The van der Waals surface area contributed by atoms with Gasteiger partial charge in [0.05, 0.1) is 11.3 Å². The zero-order chi connectivity index (χ0) is 20.8.